The van der Waals surface area contributed by atoms with E-state index in [0.717, 1.165) is 18.4 Å². The predicted molar refractivity (Wildman–Crippen MR) is 158 cm³/mol. The molecule has 1 aromatic carbocycles. The van der Waals surface area contributed by atoms with Crippen molar-refractivity contribution in [3.8, 4) is 0 Å². The Morgan fingerprint density at radius 2 is 1.64 bits per heavy atom. The van der Waals surface area contributed by atoms with Crippen molar-refractivity contribution in [3.05, 3.63) is 50.7 Å². The van der Waals surface area contributed by atoms with Crippen LogP contribution >= 0.6 is 22.6 Å². The third-order valence-corrected chi connectivity index (χ3v) is 6.92. The van der Waals surface area contributed by atoms with E-state index in [-0.39, 0.29) is 12.6 Å². The Morgan fingerprint density at radius 3 is 2.23 bits per heavy atom. The zero-order valence-corrected chi connectivity index (χ0v) is 26.1. The first-order valence-corrected chi connectivity index (χ1v) is 14.4. The van der Waals surface area contributed by atoms with Gasteiger partial charge in [0, 0.05) is 25.7 Å². The first-order chi connectivity index (χ1) is 18.2. The molecular weight excluding hydrogens is 613 g/mol. The van der Waals surface area contributed by atoms with Crippen molar-refractivity contribution in [2.24, 2.45) is 0 Å². The van der Waals surface area contributed by atoms with Crippen LogP contribution in [-0.4, -0.2) is 59.5 Å². The smallest absolute Gasteiger partial charge is 0.407 e. The number of rotatable bonds is 7. The van der Waals surface area contributed by atoms with Crippen molar-refractivity contribution < 1.29 is 28.6 Å². The summed E-state index contributed by atoms with van der Waals surface area (Å²) in [6.07, 6.45) is 1.05. The third kappa shape index (κ3) is 8.36. The number of nitrogens with zero attached hydrogens (tertiary/aromatic N) is 2. The van der Waals surface area contributed by atoms with Gasteiger partial charge in [-0.05, 0) is 89.5 Å². The minimum Gasteiger partial charge on any atom is -0.461 e. The van der Waals surface area contributed by atoms with E-state index in [4.69, 9.17) is 14.2 Å². The summed E-state index contributed by atoms with van der Waals surface area (Å²) in [5.74, 6) is -0.438. The number of hydrogen-bond acceptors (Lipinski definition) is 7. The lowest BCUT2D eigenvalue weighted by atomic mass is 10.1. The quantitative estimate of drug-likeness (QED) is 0.230. The Hall–Kier alpha value is -2.76. The van der Waals surface area contributed by atoms with Crippen LogP contribution in [0.4, 0.5) is 10.6 Å². The number of amides is 1. The van der Waals surface area contributed by atoms with E-state index < -0.39 is 29.2 Å². The summed E-state index contributed by atoms with van der Waals surface area (Å²) in [6, 6.07) is 9.54. The molecule has 2 heterocycles. The number of hydrogen-bond donors (Lipinski definition) is 1. The average molecular weight is 654 g/mol. The molecule has 1 aliphatic rings. The fraction of sp³-hybridized carbons (Fsp3) is 0.552. The molecule has 1 atom stereocenters. The lowest BCUT2D eigenvalue weighted by molar-refractivity contribution is 0.00684. The van der Waals surface area contributed by atoms with Crippen LogP contribution in [0.15, 0.2) is 30.3 Å². The standard InChI is InChI=1S/C29H40IN3O6/c1-8-37-26(35)23-22(30)21(25(34)38-28(2,3)4)24(33(23)17-19-13-10-9-11-14-19)32-16-12-15-20(18-32)31-27(36)39-29(5,6)7/h9-11,13-14,20H,8,12,15-18H2,1-7H3,(H,31,36)/t20-/m1/s1. The van der Waals surface area contributed by atoms with Gasteiger partial charge in [-0.1, -0.05) is 30.3 Å². The van der Waals surface area contributed by atoms with Gasteiger partial charge >= 0.3 is 18.0 Å². The van der Waals surface area contributed by atoms with Gasteiger partial charge in [-0.3, -0.25) is 0 Å². The molecule has 2 aromatic rings. The molecule has 1 aliphatic heterocycles. The summed E-state index contributed by atoms with van der Waals surface area (Å²) in [6.45, 7) is 14.3. The van der Waals surface area contributed by atoms with Crippen LogP contribution < -0.4 is 10.2 Å². The number of esters is 2. The van der Waals surface area contributed by atoms with Crippen LogP contribution in [0.1, 0.15) is 87.7 Å². The normalized spacial score (nSPS) is 16.0. The number of ether oxygens (including phenoxy) is 3. The molecule has 1 aromatic heterocycles. The predicted octanol–water partition coefficient (Wildman–Crippen LogP) is 5.77. The van der Waals surface area contributed by atoms with E-state index in [1.807, 2.05) is 99.0 Å². The molecule has 1 N–H and O–H groups in total. The number of halogens is 1. The molecule has 1 fully saturated rings. The molecule has 1 amide bonds. The molecule has 0 saturated carbocycles. The van der Waals surface area contributed by atoms with E-state index in [2.05, 4.69) is 10.2 Å². The number of anilines is 1. The van der Waals surface area contributed by atoms with Crippen molar-refractivity contribution in [1.29, 1.82) is 0 Å². The first-order valence-electron chi connectivity index (χ1n) is 13.3. The molecule has 0 unspecified atom stereocenters. The maximum absolute atomic E-state index is 13.7. The van der Waals surface area contributed by atoms with Crippen molar-refractivity contribution in [2.75, 3.05) is 24.6 Å². The Balaban J connectivity index is 2.12. The molecule has 0 radical (unpaired) electrons. The van der Waals surface area contributed by atoms with E-state index in [0.29, 0.717) is 40.3 Å². The van der Waals surface area contributed by atoms with Gasteiger partial charge in [-0.2, -0.15) is 0 Å². The lowest BCUT2D eigenvalue weighted by Gasteiger charge is -2.36. The lowest BCUT2D eigenvalue weighted by Crippen LogP contribution is -2.49. The number of nitrogens with one attached hydrogen (secondary N) is 1. The molecule has 1 saturated heterocycles. The monoisotopic (exact) mass is 653 g/mol. The zero-order chi connectivity index (χ0) is 29.0. The summed E-state index contributed by atoms with van der Waals surface area (Å²) in [5.41, 5.74) is 0.247. The highest BCUT2D eigenvalue weighted by Crippen LogP contribution is 2.36. The van der Waals surface area contributed by atoms with Gasteiger partial charge in [0.2, 0.25) is 0 Å². The van der Waals surface area contributed by atoms with E-state index >= 15 is 0 Å². The number of aromatic nitrogens is 1. The van der Waals surface area contributed by atoms with Crippen molar-refractivity contribution in [1.82, 2.24) is 9.88 Å². The molecule has 0 bridgehead atoms. The third-order valence-electron chi connectivity index (χ3n) is 5.87. The van der Waals surface area contributed by atoms with Crippen LogP contribution in [0, 0.1) is 3.57 Å². The maximum atomic E-state index is 13.7. The van der Waals surface area contributed by atoms with Crippen LogP contribution in [0.2, 0.25) is 0 Å². The largest absolute Gasteiger partial charge is 0.461 e. The SMILES string of the molecule is CCOC(=O)c1c(I)c(C(=O)OC(C)(C)C)c(N2CCC[C@@H](NC(=O)OC(C)(C)C)C2)n1Cc1ccccc1. The topological polar surface area (TPSA) is 99.1 Å². The van der Waals surface area contributed by atoms with Crippen LogP contribution in [-0.2, 0) is 20.8 Å². The minimum atomic E-state index is -0.730. The van der Waals surface area contributed by atoms with Gasteiger partial charge in [-0.15, -0.1) is 0 Å². The number of carbonyl (C=O) groups excluding carboxylic acids is 3. The highest BCUT2D eigenvalue weighted by Gasteiger charge is 2.37. The summed E-state index contributed by atoms with van der Waals surface area (Å²) in [7, 11) is 0. The summed E-state index contributed by atoms with van der Waals surface area (Å²) < 4.78 is 19.1. The van der Waals surface area contributed by atoms with Gasteiger partial charge in [0.1, 0.15) is 28.3 Å². The Kier molecular flexibility index (Phi) is 9.95. The fourth-order valence-corrected chi connectivity index (χ4v) is 5.47. The van der Waals surface area contributed by atoms with Gasteiger partial charge in [0.05, 0.1) is 10.2 Å². The average Bonchev–Trinajstić information content (AvgIpc) is 3.09. The molecule has 214 valence electrons. The van der Waals surface area contributed by atoms with Gasteiger partial charge in [0.15, 0.2) is 0 Å². The Labute approximate surface area is 244 Å². The molecular formula is C29H40IN3O6. The Morgan fingerprint density at radius 1 is 1.00 bits per heavy atom. The van der Waals surface area contributed by atoms with E-state index in [1.54, 1.807) is 6.92 Å². The Bertz CT molecular complexity index is 1180. The van der Waals surface area contributed by atoms with Gasteiger partial charge < -0.3 is 29.0 Å². The first kappa shape index (κ1) is 30.8. The molecule has 0 spiro atoms. The number of piperidine rings is 1. The second-order valence-electron chi connectivity index (χ2n) is 11.6. The highest BCUT2D eigenvalue weighted by atomic mass is 127. The second kappa shape index (κ2) is 12.6. The van der Waals surface area contributed by atoms with Crippen LogP contribution in [0.5, 0.6) is 0 Å². The summed E-state index contributed by atoms with van der Waals surface area (Å²) in [4.78, 5) is 41.5. The molecule has 39 heavy (non-hydrogen) atoms. The molecule has 3 rings (SSSR count). The van der Waals surface area contributed by atoms with Crippen molar-refractivity contribution in [2.45, 2.75) is 85.1 Å². The molecule has 10 heteroatoms. The van der Waals surface area contributed by atoms with E-state index in [1.165, 1.54) is 0 Å². The summed E-state index contributed by atoms with van der Waals surface area (Å²) in [5, 5.41) is 2.97. The minimum absolute atomic E-state index is 0.203. The van der Waals surface area contributed by atoms with Crippen LogP contribution in [0.3, 0.4) is 0 Å². The fourth-order valence-electron chi connectivity index (χ4n) is 4.50. The van der Waals surface area contributed by atoms with Gasteiger partial charge in [-0.25, -0.2) is 14.4 Å². The summed E-state index contributed by atoms with van der Waals surface area (Å²) >= 11 is 2.05. The zero-order valence-electron chi connectivity index (χ0n) is 23.9. The van der Waals surface area contributed by atoms with Gasteiger partial charge in [0.25, 0.3) is 0 Å². The van der Waals surface area contributed by atoms with E-state index in [9.17, 15) is 14.4 Å². The number of benzene rings is 1. The molecule has 0 aliphatic carbocycles. The maximum Gasteiger partial charge on any atom is 0.407 e. The van der Waals surface area contributed by atoms with Crippen molar-refractivity contribution in [3.63, 3.8) is 0 Å². The second-order valence-corrected chi connectivity index (χ2v) is 12.7. The number of alkyl carbamates (subject to hydrolysis) is 1. The molecule has 9 nitrogen and oxygen atoms in total. The van der Waals surface area contributed by atoms with Crippen molar-refractivity contribution >= 4 is 46.4 Å². The highest BCUT2D eigenvalue weighted by molar-refractivity contribution is 14.1. The van der Waals surface area contributed by atoms with Crippen LogP contribution in [0.25, 0.3) is 0 Å². The number of carbonyl (C=O) groups is 3.